The number of hydrogen-bond donors (Lipinski definition) is 2. The Morgan fingerprint density at radius 2 is 1.89 bits per heavy atom. The molecule has 1 heterocycles. The van der Waals surface area contributed by atoms with Crippen LogP contribution in [-0.2, 0) is 10.0 Å². The lowest BCUT2D eigenvalue weighted by molar-refractivity contribution is 0.601. The summed E-state index contributed by atoms with van der Waals surface area (Å²) >= 11 is 5.78. The van der Waals surface area contributed by atoms with Crippen molar-refractivity contribution in [2.24, 2.45) is 0 Å². The molecule has 94 valence electrons. The summed E-state index contributed by atoms with van der Waals surface area (Å²) in [6, 6.07) is 4.08. The predicted octanol–water partition coefficient (Wildman–Crippen LogP) is 1.51. The third-order valence-electron chi connectivity index (χ3n) is 2.10. The lowest BCUT2D eigenvalue weighted by Gasteiger charge is -2.08. The van der Waals surface area contributed by atoms with Gasteiger partial charge in [0.15, 0.2) is 0 Å². The van der Waals surface area contributed by atoms with Gasteiger partial charge in [-0.3, -0.25) is 4.72 Å². The third kappa shape index (κ3) is 2.69. The van der Waals surface area contributed by atoms with Gasteiger partial charge >= 0.3 is 0 Å². The molecule has 3 N–H and O–H groups in total. The number of halogens is 1. The molecule has 1 aromatic heterocycles. The highest BCUT2D eigenvalue weighted by Crippen LogP contribution is 2.23. The Kier molecular flexibility index (Phi) is 3.35. The standard InChI is InChI=1S/C10H9ClN4O2S/c11-9-3-8(1-2-10(9)12)18(16,17)15-7-4-13-6-14-5-7/h1-6,15H,12H2. The number of rotatable bonds is 3. The summed E-state index contributed by atoms with van der Waals surface area (Å²) in [4.78, 5) is 7.44. The van der Waals surface area contributed by atoms with Crippen molar-refractivity contribution >= 4 is 33.0 Å². The number of nitrogen functional groups attached to an aromatic ring is 1. The predicted molar refractivity (Wildman–Crippen MR) is 68.7 cm³/mol. The van der Waals surface area contributed by atoms with Gasteiger partial charge in [0.05, 0.1) is 33.7 Å². The minimum Gasteiger partial charge on any atom is -0.398 e. The SMILES string of the molecule is Nc1ccc(S(=O)(=O)Nc2cncnc2)cc1Cl. The Morgan fingerprint density at radius 1 is 1.22 bits per heavy atom. The summed E-state index contributed by atoms with van der Waals surface area (Å²) in [7, 11) is -3.72. The fraction of sp³-hybridized carbons (Fsp3) is 0. The summed E-state index contributed by atoms with van der Waals surface area (Å²) in [5, 5.41) is 0.183. The Bertz CT molecular complexity index is 661. The van der Waals surface area contributed by atoms with E-state index in [0.717, 1.165) is 0 Å². The first-order chi connectivity index (χ1) is 8.49. The Morgan fingerprint density at radius 3 is 2.50 bits per heavy atom. The van der Waals surface area contributed by atoms with Crippen molar-refractivity contribution in [3.8, 4) is 0 Å². The Hall–Kier alpha value is -1.86. The summed E-state index contributed by atoms with van der Waals surface area (Å²) < 4.78 is 26.3. The average molecular weight is 285 g/mol. The number of nitrogens with zero attached hydrogens (tertiary/aromatic N) is 2. The van der Waals surface area contributed by atoms with E-state index in [0.29, 0.717) is 5.69 Å². The first kappa shape index (κ1) is 12.6. The summed E-state index contributed by atoms with van der Waals surface area (Å²) in [5.74, 6) is 0. The van der Waals surface area contributed by atoms with Gasteiger partial charge in [0, 0.05) is 0 Å². The van der Waals surface area contributed by atoms with E-state index in [-0.39, 0.29) is 15.6 Å². The van der Waals surface area contributed by atoms with E-state index in [1.165, 1.54) is 36.9 Å². The zero-order valence-electron chi connectivity index (χ0n) is 9.04. The third-order valence-corrected chi connectivity index (χ3v) is 3.80. The first-order valence-electron chi connectivity index (χ1n) is 4.82. The minimum atomic E-state index is -3.72. The van der Waals surface area contributed by atoms with Crippen LogP contribution in [0.4, 0.5) is 11.4 Å². The Balaban J connectivity index is 2.34. The number of anilines is 2. The fourth-order valence-corrected chi connectivity index (χ4v) is 2.54. The number of sulfonamides is 1. The second-order valence-corrected chi connectivity index (χ2v) is 5.51. The molecule has 0 aliphatic rings. The van der Waals surface area contributed by atoms with Crippen molar-refractivity contribution in [1.82, 2.24) is 9.97 Å². The van der Waals surface area contributed by atoms with Crippen LogP contribution in [0.1, 0.15) is 0 Å². The molecule has 0 bridgehead atoms. The highest BCUT2D eigenvalue weighted by atomic mass is 35.5. The maximum atomic E-state index is 12.0. The van der Waals surface area contributed by atoms with Crippen LogP contribution in [0.5, 0.6) is 0 Å². The van der Waals surface area contributed by atoms with Crippen molar-refractivity contribution < 1.29 is 8.42 Å². The zero-order valence-corrected chi connectivity index (χ0v) is 10.6. The minimum absolute atomic E-state index is 0.0190. The van der Waals surface area contributed by atoms with Gasteiger partial charge in [-0.1, -0.05) is 11.6 Å². The van der Waals surface area contributed by atoms with Crippen molar-refractivity contribution in [3.63, 3.8) is 0 Å². The number of hydrogen-bond acceptors (Lipinski definition) is 5. The number of benzene rings is 1. The lowest BCUT2D eigenvalue weighted by atomic mass is 10.3. The van der Waals surface area contributed by atoms with Gasteiger partial charge in [-0.15, -0.1) is 0 Å². The van der Waals surface area contributed by atoms with E-state index >= 15 is 0 Å². The normalized spacial score (nSPS) is 11.2. The second kappa shape index (κ2) is 4.79. The highest BCUT2D eigenvalue weighted by Gasteiger charge is 2.15. The van der Waals surface area contributed by atoms with Gasteiger partial charge in [0.1, 0.15) is 6.33 Å². The van der Waals surface area contributed by atoms with Gasteiger partial charge in [0.25, 0.3) is 10.0 Å². The van der Waals surface area contributed by atoms with E-state index in [4.69, 9.17) is 17.3 Å². The smallest absolute Gasteiger partial charge is 0.262 e. The van der Waals surface area contributed by atoms with Gasteiger partial charge in [0.2, 0.25) is 0 Å². The van der Waals surface area contributed by atoms with E-state index < -0.39 is 10.0 Å². The molecule has 18 heavy (non-hydrogen) atoms. The monoisotopic (exact) mass is 284 g/mol. The van der Waals surface area contributed by atoms with Crippen molar-refractivity contribution in [3.05, 3.63) is 41.9 Å². The molecule has 0 aliphatic carbocycles. The molecule has 6 nitrogen and oxygen atoms in total. The van der Waals surface area contributed by atoms with Crippen LogP contribution in [0.2, 0.25) is 5.02 Å². The molecule has 0 atom stereocenters. The topological polar surface area (TPSA) is 98.0 Å². The van der Waals surface area contributed by atoms with E-state index in [1.54, 1.807) is 0 Å². The highest BCUT2D eigenvalue weighted by molar-refractivity contribution is 7.92. The molecule has 1 aromatic carbocycles. The Labute approximate surface area is 109 Å². The zero-order chi connectivity index (χ0) is 13.2. The van der Waals surface area contributed by atoms with Crippen LogP contribution in [0.25, 0.3) is 0 Å². The molecule has 2 rings (SSSR count). The van der Waals surface area contributed by atoms with Gasteiger partial charge in [-0.2, -0.15) is 0 Å². The van der Waals surface area contributed by atoms with Gasteiger partial charge in [-0.05, 0) is 18.2 Å². The van der Waals surface area contributed by atoms with Crippen LogP contribution >= 0.6 is 11.6 Å². The molecule has 0 aliphatic heterocycles. The maximum absolute atomic E-state index is 12.0. The summed E-state index contributed by atoms with van der Waals surface area (Å²) in [6.07, 6.45) is 4.00. The van der Waals surface area contributed by atoms with Crippen molar-refractivity contribution in [2.75, 3.05) is 10.5 Å². The molecule has 0 unspecified atom stereocenters. The van der Waals surface area contributed by atoms with Crippen LogP contribution in [0.15, 0.2) is 41.8 Å². The fourth-order valence-electron chi connectivity index (χ4n) is 1.24. The quantitative estimate of drug-likeness (QED) is 0.833. The molecular formula is C10H9ClN4O2S. The molecule has 0 amide bonds. The van der Waals surface area contributed by atoms with Crippen LogP contribution in [0, 0.1) is 0 Å². The maximum Gasteiger partial charge on any atom is 0.262 e. The van der Waals surface area contributed by atoms with Gasteiger partial charge in [-0.25, -0.2) is 18.4 Å². The second-order valence-electron chi connectivity index (χ2n) is 3.42. The van der Waals surface area contributed by atoms with Crippen molar-refractivity contribution in [1.29, 1.82) is 0 Å². The number of nitrogens with one attached hydrogen (secondary N) is 1. The molecule has 0 spiro atoms. The molecule has 0 radical (unpaired) electrons. The largest absolute Gasteiger partial charge is 0.398 e. The van der Waals surface area contributed by atoms with Crippen molar-refractivity contribution in [2.45, 2.75) is 4.90 Å². The molecule has 2 aromatic rings. The number of aromatic nitrogens is 2. The summed E-state index contributed by atoms with van der Waals surface area (Å²) in [5.41, 5.74) is 6.10. The van der Waals surface area contributed by atoms with Gasteiger partial charge < -0.3 is 5.73 Å². The van der Waals surface area contributed by atoms with E-state index in [9.17, 15) is 8.42 Å². The molecule has 8 heteroatoms. The number of nitrogens with two attached hydrogens (primary N) is 1. The first-order valence-corrected chi connectivity index (χ1v) is 6.68. The molecule has 0 fully saturated rings. The average Bonchev–Trinajstić information content (AvgIpc) is 2.33. The molecule has 0 saturated carbocycles. The van der Waals surface area contributed by atoms with Crippen LogP contribution in [-0.4, -0.2) is 18.4 Å². The van der Waals surface area contributed by atoms with Crippen LogP contribution < -0.4 is 10.5 Å². The van der Waals surface area contributed by atoms with E-state index in [2.05, 4.69) is 14.7 Å². The summed E-state index contributed by atoms with van der Waals surface area (Å²) in [6.45, 7) is 0. The molecule has 0 saturated heterocycles. The van der Waals surface area contributed by atoms with E-state index in [1.807, 2.05) is 0 Å². The van der Waals surface area contributed by atoms with Crippen LogP contribution in [0.3, 0.4) is 0 Å². The lowest BCUT2D eigenvalue weighted by Crippen LogP contribution is -2.13. The molecular weight excluding hydrogens is 276 g/mol.